The van der Waals surface area contributed by atoms with E-state index < -0.39 is 0 Å². The Morgan fingerprint density at radius 3 is 2.29 bits per heavy atom. The molecule has 4 nitrogen and oxygen atoms in total. The lowest BCUT2D eigenvalue weighted by molar-refractivity contribution is 0.174. The summed E-state index contributed by atoms with van der Waals surface area (Å²) in [4.78, 5) is 0. The number of fused-ring (bicyclic) bond motifs is 1. The molecule has 0 saturated heterocycles. The molecule has 3 rings (SSSR count). The lowest BCUT2D eigenvalue weighted by atomic mass is 9.91. The predicted octanol–water partition coefficient (Wildman–Crippen LogP) is 3.58. The van der Waals surface area contributed by atoms with Crippen LogP contribution < -0.4 is 18.9 Å². The summed E-state index contributed by atoms with van der Waals surface area (Å²) < 4.78 is 21.8. The van der Waals surface area contributed by atoms with Crippen LogP contribution in [-0.4, -0.2) is 21.0 Å². The fourth-order valence-electron chi connectivity index (χ4n) is 2.65. The third kappa shape index (κ3) is 2.37. The van der Waals surface area contributed by atoms with Gasteiger partial charge in [-0.2, -0.15) is 0 Å². The second-order valence-electron chi connectivity index (χ2n) is 4.91. The highest BCUT2D eigenvalue weighted by molar-refractivity contribution is 5.55. The summed E-state index contributed by atoms with van der Waals surface area (Å²) in [7, 11) is 3.35. The van der Waals surface area contributed by atoms with Gasteiger partial charge in [-0.1, -0.05) is 25.1 Å². The van der Waals surface area contributed by atoms with Gasteiger partial charge in [0, 0.05) is 23.1 Å². The van der Waals surface area contributed by atoms with Crippen LogP contribution in [0.5, 0.6) is 23.0 Å². The largest absolute Gasteiger partial charge is 0.496 e. The number of para-hydroxylation sites is 1. The first-order chi connectivity index (χ1) is 10.2. The minimum Gasteiger partial charge on any atom is -0.496 e. The molecule has 1 aliphatic rings. The first kappa shape index (κ1) is 13.6. The Hall–Kier alpha value is -2.36. The molecule has 2 aromatic carbocycles. The third-order valence-electron chi connectivity index (χ3n) is 3.80. The van der Waals surface area contributed by atoms with Crippen LogP contribution in [0.2, 0.25) is 0 Å². The Balaban J connectivity index is 2.07. The molecule has 0 saturated carbocycles. The molecule has 0 spiro atoms. The van der Waals surface area contributed by atoms with Gasteiger partial charge in [0.15, 0.2) is 11.5 Å². The van der Waals surface area contributed by atoms with Gasteiger partial charge in [-0.25, -0.2) is 0 Å². The normalized spacial score (nSPS) is 13.9. The van der Waals surface area contributed by atoms with Crippen LogP contribution in [0.4, 0.5) is 0 Å². The molecule has 4 heteroatoms. The smallest absolute Gasteiger partial charge is 0.231 e. The second kappa shape index (κ2) is 5.56. The molecular formula is C17H18O4. The van der Waals surface area contributed by atoms with Crippen molar-refractivity contribution >= 4 is 0 Å². The van der Waals surface area contributed by atoms with Gasteiger partial charge in [-0.3, -0.25) is 0 Å². The summed E-state index contributed by atoms with van der Waals surface area (Å²) in [6.45, 7) is 2.38. The van der Waals surface area contributed by atoms with Crippen molar-refractivity contribution in [1.82, 2.24) is 0 Å². The zero-order valence-electron chi connectivity index (χ0n) is 12.4. The van der Waals surface area contributed by atoms with Crippen LogP contribution in [0.15, 0.2) is 36.4 Å². The maximum absolute atomic E-state index is 5.51. The van der Waals surface area contributed by atoms with E-state index in [2.05, 4.69) is 13.0 Å². The van der Waals surface area contributed by atoms with E-state index in [0.29, 0.717) is 0 Å². The van der Waals surface area contributed by atoms with Gasteiger partial charge >= 0.3 is 0 Å². The molecule has 0 aliphatic carbocycles. The molecule has 0 N–H and O–H groups in total. The van der Waals surface area contributed by atoms with Crippen LogP contribution in [0.3, 0.4) is 0 Å². The van der Waals surface area contributed by atoms with E-state index in [0.717, 1.165) is 34.1 Å². The van der Waals surface area contributed by atoms with E-state index in [1.807, 2.05) is 30.3 Å². The highest BCUT2D eigenvalue weighted by Gasteiger charge is 2.23. The van der Waals surface area contributed by atoms with Crippen LogP contribution in [0.1, 0.15) is 24.0 Å². The molecule has 0 bridgehead atoms. The summed E-state index contributed by atoms with van der Waals surface area (Å²) >= 11 is 0. The Morgan fingerprint density at radius 1 is 0.905 bits per heavy atom. The van der Waals surface area contributed by atoms with Crippen molar-refractivity contribution < 1.29 is 18.9 Å². The first-order valence-corrected chi connectivity index (χ1v) is 6.85. The molecule has 0 aromatic heterocycles. The average Bonchev–Trinajstić information content (AvgIpc) is 3.00. The SMILES string of the molecule is COc1ccccc1[C@H](C)c1cc2c(cc1OC)OCO2. The molecule has 0 amide bonds. The van der Waals surface area contributed by atoms with Crippen molar-refractivity contribution in [3.8, 4) is 23.0 Å². The number of hydrogen-bond acceptors (Lipinski definition) is 4. The van der Waals surface area contributed by atoms with E-state index in [9.17, 15) is 0 Å². The quantitative estimate of drug-likeness (QED) is 0.860. The molecule has 1 aliphatic heterocycles. The zero-order valence-corrected chi connectivity index (χ0v) is 12.4. The molecule has 0 unspecified atom stereocenters. The topological polar surface area (TPSA) is 36.9 Å². The van der Waals surface area contributed by atoms with Gasteiger partial charge in [0.05, 0.1) is 14.2 Å². The maximum Gasteiger partial charge on any atom is 0.231 e. The average molecular weight is 286 g/mol. The van der Waals surface area contributed by atoms with Gasteiger partial charge in [0.2, 0.25) is 6.79 Å². The lowest BCUT2D eigenvalue weighted by Gasteiger charge is -2.19. The van der Waals surface area contributed by atoms with Gasteiger partial charge in [-0.05, 0) is 12.1 Å². The summed E-state index contributed by atoms with van der Waals surface area (Å²) in [5.41, 5.74) is 2.16. The summed E-state index contributed by atoms with van der Waals surface area (Å²) in [6.07, 6.45) is 0. The van der Waals surface area contributed by atoms with E-state index >= 15 is 0 Å². The number of hydrogen-bond donors (Lipinski definition) is 0. The maximum atomic E-state index is 5.51. The summed E-state index contributed by atoms with van der Waals surface area (Å²) in [5.74, 6) is 3.25. The standard InChI is InChI=1S/C17H18O4/c1-11(12-6-4-5-7-14(12)18-2)13-8-16-17(21-10-20-16)9-15(13)19-3/h4-9,11H,10H2,1-3H3/t11-/m0/s1. The van der Waals surface area contributed by atoms with Crippen molar-refractivity contribution in [2.75, 3.05) is 21.0 Å². The van der Waals surface area contributed by atoms with E-state index in [1.165, 1.54) is 0 Å². The molecule has 1 heterocycles. The summed E-state index contributed by atoms with van der Waals surface area (Å²) in [5, 5.41) is 0. The van der Waals surface area contributed by atoms with Crippen LogP contribution >= 0.6 is 0 Å². The zero-order chi connectivity index (χ0) is 14.8. The highest BCUT2D eigenvalue weighted by Crippen LogP contribution is 2.43. The fourth-order valence-corrected chi connectivity index (χ4v) is 2.65. The van der Waals surface area contributed by atoms with Crippen molar-refractivity contribution in [3.05, 3.63) is 47.5 Å². The van der Waals surface area contributed by atoms with Crippen LogP contribution in [-0.2, 0) is 0 Å². The van der Waals surface area contributed by atoms with Crippen molar-refractivity contribution in [2.45, 2.75) is 12.8 Å². The van der Waals surface area contributed by atoms with E-state index in [-0.39, 0.29) is 12.7 Å². The Bertz CT molecular complexity index is 651. The number of rotatable bonds is 4. The second-order valence-corrected chi connectivity index (χ2v) is 4.91. The van der Waals surface area contributed by atoms with Gasteiger partial charge < -0.3 is 18.9 Å². The van der Waals surface area contributed by atoms with Gasteiger partial charge in [0.25, 0.3) is 0 Å². The third-order valence-corrected chi connectivity index (χ3v) is 3.80. The molecule has 110 valence electrons. The minimum atomic E-state index is 0.116. The number of methoxy groups -OCH3 is 2. The Kier molecular flexibility index (Phi) is 3.60. The predicted molar refractivity (Wildman–Crippen MR) is 79.6 cm³/mol. The van der Waals surface area contributed by atoms with Crippen molar-refractivity contribution in [1.29, 1.82) is 0 Å². The monoisotopic (exact) mass is 286 g/mol. The molecule has 2 aromatic rings. The van der Waals surface area contributed by atoms with Crippen molar-refractivity contribution in [2.24, 2.45) is 0 Å². The molecular weight excluding hydrogens is 268 g/mol. The first-order valence-electron chi connectivity index (χ1n) is 6.85. The minimum absolute atomic E-state index is 0.116. The van der Waals surface area contributed by atoms with Gasteiger partial charge in [0.1, 0.15) is 11.5 Å². The van der Waals surface area contributed by atoms with Crippen LogP contribution in [0, 0.1) is 0 Å². The summed E-state index contributed by atoms with van der Waals surface area (Å²) in [6, 6.07) is 11.9. The highest BCUT2D eigenvalue weighted by atomic mass is 16.7. The van der Waals surface area contributed by atoms with Gasteiger partial charge in [-0.15, -0.1) is 0 Å². The number of benzene rings is 2. The Labute approximate surface area is 124 Å². The van der Waals surface area contributed by atoms with Crippen LogP contribution in [0.25, 0.3) is 0 Å². The molecule has 21 heavy (non-hydrogen) atoms. The molecule has 0 radical (unpaired) electrons. The molecule has 0 fully saturated rings. The van der Waals surface area contributed by atoms with Crippen molar-refractivity contribution in [3.63, 3.8) is 0 Å². The molecule has 1 atom stereocenters. The number of ether oxygens (including phenoxy) is 4. The lowest BCUT2D eigenvalue weighted by Crippen LogP contribution is -2.02. The fraction of sp³-hybridized carbons (Fsp3) is 0.294. The Morgan fingerprint density at radius 2 is 1.57 bits per heavy atom. The van der Waals surface area contributed by atoms with E-state index in [1.54, 1.807) is 14.2 Å². The van der Waals surface area contributed by atoms with E-state index in [4.69, 9.17) is 18.9 Å².